The van der Waals surface area contributed by atoms with Crippen molar-refractivity contribution in [1.82, 2.24) is 10.4 Å². The van der Waals surface area contributed by atoms with Gasteiger partial charge >= 0.3 is 0 Å². The van der Waals surface area contributed by atoms with E-state index in [1.165, 1.54) is 0 Å². The lowest BCUT2D eigenvalue weighted by Crippen LogP contribution is -2.39. The van der Waals surface area contributed by atoms with E-state index in [0.717, 1.165) is 32.5 Å². The SMILES string of the molecule is O=C1CCCON1CC1CCNC1. The van der Waals surface area contributed by atoms with Crippen LogP contribution in [0, 0.1) is 5.92 Å². The van der Waals surface area contributed by atoms with Crippen molar-refractivity contribution in [2.45, 2.75) is 19.3 Å². The number of nitrogens with one attached hydrogen (secondary N) is 1. The highest BCUT2D eigenvalue weighted by Crippen LogP contribution is 2.14. The van der Waals surface area contributed by atoms with E-state index in [9.17, 15) is 4.79 Å². The van der Waals surface area contributed by atoms with Crippen LogP contribution in [-0.2, 0) is 9.63 Å². The molecule has 2 saturated heterocycles. The minimum absolute atomic E-state index is 0.151. The molecule has 4 nitrogen and oxygen atoms in total. The molecule has 2 heterocycles. The van der Waals surface area contributed by atoms with Gasteiger partial charge in [0.05, 0.1) is 13.2 Å². The van der Waals surface area contributed by atoms with Crippen LogP contribution >= 0.6 is 0 Å². The Balaban J connectivity index is 1.81. The van der Waals surface area contributed by atoms with Crippen LogP contribution in [0.1, 0.15) is 19.3 Å². The van der Waals surface area contributed by atoms with Gasteiger partial charge in [-0.25, -0.2) is 5.06 Å². The van der Waals surface area contributed by atoms with Gasteiger partial charge < -0.3 is 5.32 Å². The molecular formula is C9H16N2O2. The molecule has 1 N–H and O–H groups in total. The molecule has 2 aliphatic rings. The predicted molar refractivity (Wildman–Crippen MR) is 47.9 cm³/mol. The van der Waals surface area contributed by atoms with Gasteiger partial charge in [-0.2, -0.15) is 0 Å². The van der Waals surface area contributed by atoms with E-state index in [0.29, 0.717) is 18.9 Å². The van der Waals surface area contributed by atoms with Gasteiger partial charge in [0.25, 0.3) is 0 Å². The number of rotatable bonds is 2. The van der Waals surface area contributed by atoms with Crippen molar-refractivity contribution in [2.75, 3.05) is 26.2 Å². The summed E-state index contributed by atoms with van der Waals surface area (Å²) in [6.07, 6.45) is 2.69. The molecule has 1 unspecified atom stereocenters. The Labute approximate surface area is 78.2 Å². The molecule has 2 fully saturated rings. The van der Waals surface area contributed by atoms with Crippen LogP contribution in [0.3, 0.4) is 0 Å². The number of carbonyl (C=O) groups excluding carboxylic acids is 1. The highest BCUT2D eigenvalue weighted by molar-refractivity contribution is 5.75. The van der Waals surface area contributed by atoms with Gasteiger partial charge in [-0.05, 0) is 31.8 Å². The first-order valence-electron chi connectivity index (χ1n) is 5.00. The number of hydroxylamine groups is 2. The summed E-state index contributed by atoms with van der Waals surface area (Å²) in [4.78, 5) is 16.7. The van der Waals surface area contributed by atoms with Crippen molar-refractivity contribution >= 4 is 5.91 Å². The number of hydrogen-bond acceptors (Lipinski definition) is 3. The third kappa shape index (κ3) is 2.19. The minimum Gasteiger partial charge on any atom is -0.316 e. The molecule has 0 aromatic rings. The van der Waals surface area contributed by atoms with Crippen molar-refractivity contribution in [3.63, 3.8) is 0 Å². The molecule has 0 aromatic heterocycles. The lowest BCUT2D eigenvalue weighted by molar-refractivity contribution is -0.201. The topological polar surface area (TPSA) is 41.6 Å². The van der Waals surface area contributed by atoms with Crippen LogP contribution in [-0.4, -0.2) is 37.2 Å². The van der Waals surface area contributed by atoms with E-state index in [1.54, 1.807) is 5.06 Å². The quantitative estimate of drug-likeness (QED) is 0.664. The Bertz CT molecular complexity index is 190. The molecule has 0 aliphatic carbocycles. The van der Waals surface area contributed by atoms with Gasteiger partial charge in [-0.1, -0.05) is 0 Å². The van der Waals surface area contributed by atoms with Crippen LogP contribution in [0.5, 0.6) is 0 Å². The Morgan fingerprint density at radius 2 is 2.54 bits per heavy atom. The van der Waals surface area contributed by atoms with Crippen molar-refractivity contribution in [3.05, 3.63) is 0 Å². The molecule has 0 spiro atoms. The van der Waals surface area contributed by atoms with Gasteiger partial charge in [0.15, 0.2) is 0 Å². The second-order valence-electron chi connectivity index (χ2n) is 3.75. The maximum absolute atomic E-state index is 11.4. The van der Waals surface area contributed by atoms with E-state index in [1.807, 2.05) is 0 Å². The van der Waals surface area contributed by atoms with Gasteiger partial charge in [0.2, 0.25) is 5.91 Å². The second-order valence-corrected chi connectivity index (χ2v) is 3.75. The molecule has 2 rings (SSSR count). The molecule has 0 aromatic carbocycles. The van der Waals surface area contributed by atoms with E-state index in [4.69, 9.17) is 4.84 Å². The summed E-state index contributed by atoms with van der Waals surface area (Å²) >= 11 is 0. The van der Waals surface area contributed by atoms with Crippen LogP contribution in [0.25, 0.3) is 0 Å². The van der Waals surface area contributed by atoms with E-state index in [2.05, 4.69) is 5.32 Å². The van der Waals surface area contributed by atoms with Crippen molar-refractivity contribution in [2.24, 2.45) is 5.92 Å². The van der Waals surface area contributed by atoms with E-state index in [-0.39, 0.29) is 5.91 Å². The van der Waals surface area contributed by atoms with Gasteiger partial charge in [-0.3, -0.25) is 9.63 Å². The first kappa shape index (κ1) is 8.97. The Hall–Kier alpha value is -0.610. The second kappa shape index (κ2) is 4.07. The highest BCUT2D eigenvalue weighted by Gasteiger charge is 2.24. The number of hydrogen-bond donors (Lipinski definition) is 1. The average molecular weight is 184 g/mol. The zero-order valence-corrected chi connectivity index (χ0v) is 7.79. The molecule has 0 bridgehead atoms. The first-order chi connectivity index (χ1) is 6.36. The van der Waals surface area contributed by atoms with E-state index >= 15 is 0 Å². The standard InChI is InChI=1S/C9H16N2O2/c12-9-2-1-5-13-11(9)7-8-3-4-10-6-8/h8,10H,1-7H2. The summed E-state index contributed by atoms with van der Waals surface area (Å²) in [5, 5.41) is 4.84. The fourth-order valence-corrected chi connectivity index (χ4v) is 1.85. The number of nitrogens with zero attached hydrogens (tertiary/aromatic N) is 1. The predicted octanol–water partition coefficient (Wildman–Crippen LogP) is 0.150. The summed E-state index contributed by atoms with van der Waals surface area (Å²) in [5.41, 5.74) is 0. The van der Waals surface area contributed by atoms with Crippen LogP contribution < -0.4 is 5.32 Å². The molecule has 2 aliphatic heterocycles. The minimum atomic E-state index is 0.151. The summed E-state index contributed by atoms with van der Waals surface area (Å²) < 4.78 is 0. The Morgan fingerprint density at radius 3 is 3.23 bits per heavy atom. The van der Waals surface area contributed by atoms with Crippen molar-refractivity contribution in [3.8, 4) is 0 Å². The number of amides is 1. The third-order valence-electron chi connectivity index (χ3n) is 2.65. The Morgan fingerprint density at radius 1 is 1.62 bits per heavy atom. The molecule has 4 heteroatoms. The smallest absolute Gasteiger partial charge is 0.246 e. The van der Waals surface area contributed by atoms with E-state index < -0.39 is 0 Å². The first-order valence-corrected chi connectivity index (χ1v) is 5.00. The summed E-state index contributed by atoms with van der Waals surface area (Å²) in [5.74, 6) is 0.736. The maximum atomic E-state index is 11.4. The van der Waals surface area contributed by atoms with Gasteiger partial charge in [0, 0.05) is 6.42 Å². The zero-order chi connectivity index (χ0) is 9.10. The summed E-state index contributed by atoms with van der Waals surface area (Å²) in [7, 11) is 0. The fourth-order valence-electron chi connectivity index (χ4n) is 1.85. The largest absolute Gasteiger partial charge is 0.316 e. The number of carbonyl (C=O) groups is 1. The summed E-state index contributed by atoms with van der Waals surface area (Å²) in [6, 6.07) is 0. The molecule has 74 valence electrons. The van der Waals surface area contributed by atoms with Gasteiger partial charge in [0.1, 0.15) is 0 Å². The van der Waals surface area contributed by atoms with Crippen LogP contribution in [0.2, 0.25) is 0 Å². The van der Waals surface area contributed by atoms with Crippen LogP contribution in [0.15, 0.2) is 0 Å². The normalized spacial score (nSPS) is 29.7. The lowest BCUT2D eigenvalue weighted by atomic mass is 10.1. The van der Waals surface area contributed by atoms with Crippen LogP contribution in [0.4, 0.5) is 0 Å². The molecule has 1 amide bonds. The third-order valence-corrected chi connectivity index (χ3v) is 2.65. The Kier molecular flexibility index (Phi) is 2.80. The molecule has 0 radical (unpaired) electrons. The highest BCUT2D eigenvalue weighted by atomic mass is 16.7. The molecule has 0 saturated carbocycles. The monoisotopic (exact) mass is 184 g/mol. The lowest BCUT2D eigenvalue weighted by Gasteiger charge is -2.27. The fraction of sp³-hybridized carbons (Fsp3) is 0.889. The van der Waals surface area contributed by atoms with Crippen molar-refractivity contribution in [1.29, 1.82) is 0 Å². The van der Waals surface area contributed by atoms with Gasteiger partial charge in [-0.15, -0.1) is 0 Å². The molecular weight excluding hydrogens is 168 g/mol. The zero-order valence-electron chi connectivity index (χ0n) is 7.79. The molecule has 13 heavy (non-hydrogen) atoms. The van der Waals surface area contributed by atoms with Crippen molar-refractivity contribution < 1.29 is 9.63 Å². The maximum Gasteiger partial charge on any atom is 0.246 e. The summed E-state index contributed by atoms with van der Waals surface area (Å²) in [6.45, 7) is 3.57. The molecule has 1 atom stereocenters. The average Bonchev–Trinajstić information content (AvgIpc) is 2.61.